The first kappa shape index (κ1) is 22.8. The van der Waals surface area contributed by atoms with Crippen molar-refractivity contribution >= 4 is 16.8 Å². The molecule has 3 aromatic rings. The largest absolute Gasteiger partial charge is 0.490 e. The summed E-state index contributed by atoms with van der Waals surface area (Å²) in [6, 6.07) is 11.0. The lowest BCUT2D eigenvalue weighted by Gasteiger charge is -2.13. The Morgan fingerprint density at radius 3 is 2.67 bits per heavy atom. The van der Waals surface area contributed by atoms with E-state index in [4.69, 9.17) is 14.5 Å². The van der Waals surface area contributed by atoms with Crippen molar-refractivity contribution < 1.29 is 14.3 Å². The Bertz CT molecular complexity index is 1200. The fraction of sp³-hybridized carbons (Fsp3) is 0.423. The summed E-state index contributed by atoms with van der Waals surface area (Å²) in [6.07, 6.45) is 4.61. The maximum atomic E-state index is 12.9. The lowest BCUT2D eigenvalue weighted by molar-refractivity contribution is 0.0954. The molecule has 0 spiro atoms. The van der Waals surface area contributed by atoms with Gasteiger partial charge < -0.3 is 14.8 Å². The van der Waals surface area contributed by atoms with Crippen LogP contribution in [-0.4, -0.2) is 35.2 Å². The minimum Gasteiger partial charge on any atom is -0.490 e. The van der Waals surface area contributed by atoms with Gasteiger partial charge in [0.1, 0.15) is 5.82 Å². The zero-order chi connectivity index (χ0) is 23.2. The molecule has 1 aliphatic rings. The van der Waals surface area contributed by atoms with Gasteiger partial charge in [0.25, 0.3) is 11.5 Å². The van der Waals surface area contributed by atoms with Crippen LogP contribution in [0.5, 0.6) is 11.5 Å². The van der Waals surface area contributed by atoms with Crippen molar-refractivity contribution in [3.8, 4) is 11.5 Å². The fourth-order valence-electron chi connectivity index (χ4n) is 4.23. The third kappa shape index (κ3) is 5.18. The molecule has 0 radical (unpaired) electrons. The zero-order valence-corrected chi connectivity index (χ0v) is 19.4. The standard InChI is InChI=1S/C26H31N3O4/c1-3-32-22-12-9-18(16-23(22)33-4-2)13-14-27-25(30)19-10-11-20-21(17-19)28-24-8-6-5-7-15-29(24)26(20)31/h9-12,16-17H,3-8,13-15H2,1-2H3,(H,27,30). The number of benzene rings is 2. The number of amides is 1. The molecule has 0 aliphatic carbocycles. The molecule has 1 aromatic heterocycles. The third-order valence-corrected chi connectivity index (χ3v) is 5.89. The Hall–Kier alpha value is -3.35. The number of rotatable bonds is 8. The Kier molecular flexibility index (Phi) is 7.27. The van der Waals surface area contributed by atoms with E-state index in [1.165, 1.54) is 0 Å². The second kappa shape index (κ2) is 10.5. The van der Waals surface area contributed by atoms with Crippen molar-refractivity contribution in [3.63, 3.8) is 0 Å². The van der Waals surface area contributed by atoms with E-state index < -0.39 is 0 Å². The predicted molar refractivity (Wildman–Crippen MR) is 128 cm³/mol. The molecule has 2 aromatic carbocycles. The topological polar surface area (TPSA) is 82.5 Å². The molecule has 0 atom stereocenters. The average Bonchev–Trinajstić information content (AvgIpc) is 3.06. The highest BCUT2D eigenvalue weighted by molar-refractivity contribution is 5.97. The number of aryl methyl sites for hydroxylation is 1. The van der Waals surface area contributed by atoms with Gasteiger partial charge in [-0.15, -0.1) is 0 Å². The van der Waals surface area contributed by atoms with E-state index in [9.17, 15) is 9.59 Å². The third-order valence-electron chi connectivity index (χ3n) is 5.89. The molecular weight excluding hydrogens is 418 g/mol. The van der Waals surface area contributed by atoms with E-state index in [1.807, 2.05) is 32.0 Å². The van der Waals surface area contributed by atoms with Crippen LogP contribution in [-0.2, 0) is 19.4 Å². The molecule has 7 nitrogen and oxygen atoms in total. The van der Waals surface area contributed by atoms with Gasteiger partial charge in [0.2, 0.25) is 0 Å². The fourth-order valence-corrected chi connectivity index (χ4v) is 4.23. The molecule has 4 rings (SSSR count). The highest BCUT2D eigenvalue weighted by Gasteiger charge is 2.15. The number of hydrogen-bond donors (Lipinski definition) is 1. The first-order valence-corrected chi connectivity index (χ1v) is 11.8. The summed E-state index contributed by atoms with van der Waals surface area (Å²) >= 11 is 0. The van der Waals surface area contributed by atoms with Crippen LogP contribution in [0.15, 0.2) is 41.2 Å². The van der Waals surface area contributed by atoms with E-state index in [0.29, 0.717) is 48.4 Å². The number of nitrogens with zero attached hydrogens (tertiary/aromatic N) is 2. The molecule has 0 bridgehead atoms. The van der Waals surface area contributed by atoms with Gasteiger partial charge in [-0.3, -0.25) is 14.2 Å². The van der Waals surface area contributed by atoms with Crippen LogP contribution < -0.4 is 20.3 Å². The number of aromatic nitrogens is 2. The van der Waals surface area contributed by atoms with E-state index in [1.54, 1.807) is 22.8 Å². The van der Waals surface area contributed by atoms with Crippen LogP contribution in [0.2, 0.25) is 0 Å². The molecule has 0 saturated heterocycles. The monoisotopic (exact) mass is 449 g/mol. The molecule has 2 heterocycles. The number of carbonyl (C=O) groups is 1. The quantitative estimate of drug-likeness (QED) is 0.564. The maximum Gasteiger partial charge on any atom is 0.261 e. The first-order valence-electron chi connectivity index (χ1n) is 11.8. The van der Waals surface area contributed by atoms with Gasteiger partial charge in [-0.1, -0.05) is 12.5 Å². The Morgan fingerprint density at radius 1 is 1.03 bits per heavy atom. The summed E-state index contributed by atoms with van der Waals surface area (Å²) in [5.41, 5.74) is 2.14. The second-order valence-corrected chi connectivity index (χ2v) is 8.18. The van der Waals surface area contributed by atoms with Crippen molar-refractivity contribution in [2.45, 2.75) is 52.5 Å². The van der Waals surface area contributed by atoms with Gasteiger partial charge in [0, 0.05) is 25.1 Å². The van der Waals surface area contributed by atoms with Gasteiger partial charge in [0.05, 0.1) is 24.1 Å². The molecule has 0 saturated carbocycles. The van der Waals surface area contributed by atoms with Crippen LogP contribution in [0.4, 0.5) is 0 Å². The normalized spacial score (nSPS) is 13.3. The van der Waals surface area contributed by atoms with Gasteiger partial charge in [0.15, 0.2) is 11.5 Å². The summed E-state index contributed by atoms with van der Waals surface area (Å²) in [7, 11) is 0. The van der Waals surface area contributed by atoms with Gasteiger partial charge in [-0.2, -0.15) is 0 Å². The predicted octanol–water partition coefficient (Wildman–Crippen LogP) is 3.89. The molecular formula is C26H31N3O4. The van der Waals surface area contributed by atoms with Crippen molar-refractivity contribution in [1.29, 1.82) is 0 Å². The molecule has 174 valence electrons. The van der Waals surface area contributed by atoms with Crippen LogP contribution in [0, 0.1) is 0 Å². The minimum absolute atomic E-state index is 0.00976. The van der Waals surface area contributed by atoms with Gasteiger partial charge >= 0.3 is 0 Å². The molecule has 0 fully saturated rings. The molecule has 7 heteroatoms. The number of fused-ring (bicyclic) bond motifs is 2. The smallest absolute Gasteiger partial charge is 0.261 e. The van der Waals surface area contributed by atoms with Crippen LogP contribution in [0.1, 0.15) is 54.9 Å². The van der Waals surface area contributed by atoms with E-state index in [-0.39, 0.29) is 11.5 Å². The van der Waals surface area contributed by atoms with Crippen molar-refractivity contribution in [2.24, 2.45) is 0 Å². The van der Waals surface area contributed by atoms with Crippen molar-refractivity contribution in [3.05, 3.63) is 63.7 Å². The van der Waals surface area contributed by atoms with Gasteiger partial charge in [-0.05, 0) is 69.0 Å². The summed E-state index contributed by atoms with van der Waals surface area (Å²) in [5.74, 6) is 2.09. The number of carbonyl (C=O) groups excluding carboxylic acids is 1. The first-order chi connectivity index (χ1) is 16.1. The molecule has 1 amide bonds. The zero-order valence-electron chi connectivity index (χ0n) is 19.4. The van der Waals surface area contributed by atoms with E-state index >= 15 is 0 Å². The lowest BCUT2D eigenvalue weighted by Crippen LogP contribution is -2.27. The van der Waals surface area contributed by atoms with Gasteiger partial charge in [-0.25, -0.2) is 4.98 Å². The summed E-state index contributed by atoms with van der Waals surface area (Å²) in [4.78, 5) is 30.3. The molecule has 33 heavy (non-hydrogen) atoms. The van der Waals surface area contributed by atoms with Crippen LogP contribution in [0.25, 0.3) is 10.9 Å². The van der Waals surface area contributed by atoms with Crippen molar-refractivity contribution in [2.75, 3.05) is 19.8 Å². The van der Waals surface area contributed by atoms with Crippen LogP contribution >= 0.6 is 0 Å². The van der Waals surface area contributed by atoms with Crippen molar-refractivity contribution in [1.82, 2.24) is 14.9 Å². The number of ether oxygens (including phenoxy) is 2. The summed E-state index contributed by atoms with van der Waals surface area (Å²) < 4.78 is 13.1. The van der Waals surface area contributed by atoms with E-state index in [0.717, 1.165) is 49.4 Å². The lowest BCUT2D eigenvalue weighted by atomic mass is 10.1. The SMILES string of the molecule is CCOc1ccc(CCNC(=O)c2ccc3c(=O)n4c(nc3c2)CCCCC4)cc1OCC. The number of hydrogen-bond acceptors (Lipinski definition) is 5. The summed E-state index contributed by atoms with van der Waals surface area (Å²) in [6.45, 7) is 6.21. The second-order valence-electron chi connectivity index (χ2n) is 8.18. The maximum absolute atomic E-state index is 12.9. The average molecular weight is 450 g/mol. The summed E-state index contributed by atoms with van der Waals surface area (Å²) in [5, 5.41) is 3.53. The Morgan fingerprint density at radius 2 is 1.85 bits per heavy atom. The molecule has 1 N–H and O–H groups in total. The highest BCUT2D eigenvalue weighted by atomic mass is 16.5. The molecule has 0 unspecified atom stereocenters. The minimum atomic E-state index is -0.176. The Labute approximate surface area is 193 Å². The van der Waals surface area contributed by atoms with Crippen LogP contribution in [0.3, 0.4) is 0 Å². The van der Waals surface area contributed by atoms with E-state index in [2.05, 4.69) is 5.32 Å². The Balaban J connectivity index is 1.45. The highest BCUT2D eigenvalue weighted by Crippen LogP contribution is 2.28. The number of nitrogens with one attached hydrogen (secondary N) is 1. The molecule has 1 aliphatic heterocycles.